The minimum Gasteiger partial charge on any atom is -0.456 e. The molecule has 0 N–H and O–H groups in total. The molecule has 0 heterocycles. The second-order valence-corrected chi connectivity index (χ2v) is 6.74. The molecule has 0 amide bonds. The van der Waals surface area contributed by atoms with Gasteiger partial charge in [-0.15, -0.1) is 0 Å². The number of ether oxygens (including phenoxy) is 1. The lowest BCUT2D eigenvalue weighted by atomic mass is 10.3. The van der Waals surface area contributed by atoms with Gasteiger partial charge in [-0.3, -0.25) is 0 Å². The zero-order valence-electron chi connectivity index (χ0n) is 8.38. The summed E-state index contributed by atoms with van der Waals surface area (Å²) in [6.07, 6.45) is 0. The molecule has 0 atom stereocenters. The Labute approximate surface area is 133 Å². The molecule has 0 bridgehead atoms. The molecule has 0 saturated heterocycles. The molecule has 0 radical (unpaired) electrons. The average molecular weight is 486 g/mol. The van der Waals surface area contributed by atoms with E-state index >= 15 is 0 Å². The Bertz CT molecular complexity index is 554. The highest BCUT2D eigenvalue weighted by molar-refractivity contribution is 9.13. The molecule has 0 spiro atoms. The second-order valence-electron chi connectivity index (χ2n) is 3.26. The molecule has 88 valence electrons. The molecular formula is C12H6Br4O. The van der Waals surface area contributed by atoms with Crippen LogP contribution in [0, 0.1) is 0 Å². The van der Waals surface area contributed by atoms with Gasteiger partial charge in [0.05, 0.1) is 4.47 Å². The van der Waals surface area contributed by atoms with E-state index in [9.17, 15) is 0 Å². The van der Waals surface area contributed by atoms with E-state index in [2.05, 4.69) is 63.7 Å². The molecule has 2 rings (SSSR count). The third-order valence-electron chi connectivity index (χ3n) is 1.98. The van der Waals surface area contributed by atoms with Crippen LogP contribution in [-0.2, 0) is 0 Å². The highest BCUT2D eigenvalue weighted by atomic mass is 79.9. The topological polar surface area (TPSA) is 9.23 Å². The van der Waals surface area contributed by atoms with Gasteiger partial charge in [-0.1, -0.05) is 37.9 Å². The van der Waals surface area contributed by atoms with Crippen LogP contribution in [0.2, 0.25) is 0 Å². The van der Waals surface area contributed by atoms with Crippen LogP contribution in [0.4, 0.5) is 0 Å². The molecule has 2 aromatic rings. The number of rotatable bonds is 2. The van der Waals surface area contributed by atoms with Gasteiger partial charge >= 0.3 is 0 Å². The van der Waals surface area contributed by atoms with Crippen molar-refractivity contribution in [2.24, 2.45) is 0 Å². The molecule has 1 nitrogen and oxygen atoms in total. The molecule has 0 fully saturated rings. The minimum atomic E-state index is 0.754. The van der Waals surface area contributed by atoms with Gasteiger partial charge in [0, 0.05) is 13.4 Å². The normalized spacial score (nSPS) is 10.4. The van der Waals surface area contributed by atoms with E-state index in [0.717, 1.165) is 29.4 Å². The molecule has 17 heavy (non-hydrogen) atoms. The summed E-state index contributed by atoms with van der Waals surface area (Å²) in [5, 5.41) is 0. The summed E-state index contributed by atoms with van der Waals surface area (Å²) >= 11 is 13.8. The fourth-order valence-corrected chi connectivity index (χ4v) is 3.14. The van der Waals surface area contributed by atoms with Crippen LogP contribution in [0.3, 0.4) is 0 Å². The van der Waals surface area contributed by atoms with E-state index in [1.165, 1.54) is 0 Å². The zero-order chi connectivity index (χ0) is 12.4. The minimum absolute atomic E-state index is 0.754. The monoisotopic (exact) mass is 482 g/mol. The van der Waals surface area contributed by atoms with Gasteiger partial charge in [-0.05, 0) is 62.2 Å². The summed E-state index contributed by atoms with van der Waals surface area (Å²) in [6.45, 7) is 0. The number of hydrogen-bond donors (Lipinski definition) is 0. The Morgan fingerprint density at radius 2 is 1.59 bits per heavy atom. The van der Waals surface area contributed by atoms with Gasteiger partial charge in [-0.2, -0.15) is 0 Å². The molecule has 2 aromatic carbocycles. The molecule has 5 heteroatoms. The molecule has 0 aromatic heterocycles. The van der Waals surface area contributed by atoms with Crippen molar-refractivity contribution in [3.05, 3.63) is 54.3 Å². The third-order valence-corrected chi connectivity index (χ3v) is 4.91. The Kier molecular flexibility index (Phi) is 4.69. The molecular weight excluding hydrogens is 480 g/mol. The second kappa shape index (κ2) is 5.87. The summed E-state index contributed by atoms with van der Waals surface area (Å²) in [6, 6.07) is 11.6. The SMILES string of the molecule is Brc1cccc(Oc2cc(Br)cc(Br)c2Br)c1. The van der Waals surface area contributed by atoms with Crippen molar-refractivity contribution >= 4 is 63.7 Å². The molecule has 0 aliphatic carbocycles. The van der Waals surface area contributed by atoms with E-state index in [4.69, 9.17) is 4.74 Å². The Morgan fingerprint density at radius 1 is 0.824 bits per heavy atom. The molecule has 0 unspecified atom stereocenters. The van der Waals surface area contributed by atoms with Crippen molar-refractivity contribution in [3.8, 4) is 11.5 Å². The number of benzene rings is 2. The lowest BCUT2D eigenvalue weighted by molar-refractivity contribution is 0.478. The summed E-state index contributed by atoms with van der Waals surface area (Å²) in [7, 11) is 0. The standard InChI is InChI=1S/C12H6Br4O/c13-7-2-1-3-9(4-7)17-11-6-8(14)5-10(15)12(11)16/h1-6H. The highest BCUT2D eigenvalue weighted by Crippen LogP contribution is 2.38. The first-order chi connectivity index (χ1) is 8.06. The fraction of sp³-hybridized carbons (Fsp3) is 0. The lowest BCUT2D eigenvalue weighted by Gasteiger charge is -2.10. The van der Waals surface area contributed by atoms with Crippen molar-refractivity contribution in [1.29, 1.82) is 0 Å². The van der Waals surface area contributed by atoms with Gasteiger partial charge < -0.3 is 4.74 Å². The maximum atomic E-state index is 5.81. The van der Waals surface area contributed by atoms with Gasteiger partial charge in [-0.25, -0.2) is 0 Å². The molecule has 0 saturated carbocycles. The first kappa shape index (κ1) is 13.6. The Hall–Kier alpha value is 0.160. The summed E-state index contributed by atoms with van der Waals surface area (Å²) in [5.74, 6) is 1.54. The van der Waals surface area contributed by atoms with E-state index in [0.29, 0.717) is 0 Å². The Morgan fingerprint density at radius 3 is 2.29 bits per heavy atom. The molecule has 0 aliphatic heterocycles. The van der Waals surface area contributed by atoms with Crippen LogP contribution in [-0.4, -0.2) is 0 Å². The first-order valence-electron chi connectivity index (χ1n) is 4.64. The van der Waals surface area contributed by atoms with Gasteiger partial charge in [0.2, 0.25) is 0 Å². The maximum Gasteiger partial charge on any atom is 0.143 e. The molecule has 0 aliphatic rings. The van der Waals surface area contributed by atoms with E-state index in [1.807, 2.05) is 36.4 Å². The van der Waals surface area contributed by atoms with Gasteiger partial charge in [0.1, 0.15) is 11.5 Å². The van der Waals surface area contributed by atoms with Crippen molar-refractivity contribution < 1.29 is 4.74 Å². The summed E-state index contributed by atoms with van der Waals surface area (Å²) in [5.41, 5.74) is 0. The number of halogens is 4. The van der Waals surface area contributed by atoms with Crippen LogP contribution < -0.4 is 4.74 Å². The predicted molar refractivity (Wildman–Crippen MR) is 83.8 cm³/mol. The van der Waals surface area contributed by atoms with Crippen molar-refractivity contribution in [3.63, 3.8) is 0 Å². The Balaban J connectivity index is 2.36. The van der Waals surface area contributed by atoms with Crippen LogP contribution in [0.5, 0.6) is 11.5 Å². The zero-order valence-corrected chi connectivity index (χ0v) is 14.7. The first-order valence-corrected chi connectivity index (χ1v) is 7.81. The van der Waals surface area contributed by atoms with Crippen LogP contribution in [0.25, 0.3) is 0 Å². The predicted octanol–water partition coefficient (Wildman–Crippen LogP) is 6.53. The smallest absolute Gasteiger partial charge is 0.143 e. The fourth-order valence-electron chi connectivity index (χ4n) is 1.26. The maximum absolute atomic E-state index is 5.81. The van der Waals surface area contributed by atoms with Crippen molar-refractivity contribution in [2.45, 2.75) is 0 Å². The van der Waals surface area contributed by atoms with E-state index in [-0.39, 0.29) is 0 Å². The largest absolute Gasteiger partial charge is 0.456 e. The third kappa shape index (κ3) is 3.56. The van der Waals surface area contributed by atoms with Crippen molar-refractivity contribution in [2.75, 3.05) is 0 Å². The average Bonchev–Trinajstić information content (AvgIpc) is 2.25. The van der Waals surface area contributed by atoms with E-state index in [1.54, 1.807) is 0 Å². The van der Waals surface area contributed by atoms with Gasteiger partial charge in [0.25, 0.3) is 0 Å². The summed E-state index contributed by atoms with van der Waals surface area (Å²) in [4.78, 5) is 0. The number of hydrogen-bond acceptors (Lipinski definition) is 1. The van der Waals surface area contributed by atoms with Crippen molar-refractivity contribution in [1.82, 2.24) is 0 Å². The van der Waals surface area contributed by atoms with Gasteiger partial charge in [0.15, 0.2) is 0 Å². The quantitative estimate of drug-likeness (QED) is 0.440. The highest BCUT2D eigenvalue weighted by Gasteiger charge is 2.08. The summed E-state index contributed by atoms with van der Waals surface area (Å²) < 4.78 is 9.59. The van der Waals surface area contributed by atoms with Crippen LogP contribution >= 0.6 is 63.7 Å². The lowest BCUT2D eigenvalue weighted by Crippen LogP contribution is -1.86. The van der Waals surface area contributed by atoms with Crippen LogP contribution in [0.1, 0.15) is 0 Å². The van der Waals surface area contributed by atoms with E-state index < -0.39 is 0 Å². The van der Waals surface area contributed by atoms with Crippen LogP contribution in [0.15, 0.2) is 54.3 Å².